The van der Waals surface area contributed by atoms with Gasteiger partial charge in [0.05, 0.1) is 18.1 Å². The molecule has 3 fully saturated rings. The number of rotatable bonds is 1. The van der Waals surface area contributed by atoms with E-state index in [0.29, 0.717) is 16.6 Å². The Morgan fingerprint density at radius 1 is 1.37 bits per heavy atom. The molecule has 5 rings (SSSR count). The van der Waals surface area contributed by atoms with Crippen molar-refractivity contribution in [3.8, 4) is 0 Å². The fraction of sp³-hybridized carbons (Fsp3) is 0.357. The molecule has 2 aliphatic heterocycles. The second-order valence-electron chi connectivity index (χ2n) is 5.50. The molecule has 19 heavy (non-hydrogen) atoms. The predicted molar refractivity (Wildman–Crippen MR) is 76.3 cm³/mol. The maximum atomic E-state index is 12.2. The van der Waals surface area contributed by atoms with Gasteiger partial charge in [0.2, 0.25) is 5.52 Å². The van der Waals surface area contributed by atoms with E-state index in [-0.39, 0.29) is 5.41 Å². The molecule has 3 aliphatic rings. The maximum absolute atomic E-state index is 12.2. The molecule has 3 nitrogen and oxygen atoms in total. The molecule has 2 bridgehead atoms. The van der Waals surface area contributed by atoms with Gasteiger partial charge < -0.3 is 9.94 Å². The molecular weight excluding hydrogens is 330 g/mol. The summed E-state index contributed by atoms with van der Waals surface area (Å²) in [4.78, 5) is 0. The monoisotopic (exact) mass is 339 g/mol. The van der Waals surface area contributed by atoms with E-state index in [2.05, 4.69) is 22.0 Å². The van der Waals surface area contributed by atoms with Crippen molar-refractivity contribution in [2.75, 3.05) is 6.61 Å². The Balaban J connectivity index is 1.95. The van der Waals surface area contributed by atoms with Gasteiger partial charge in [-0.15, -0.1) is 0 Å². The summed E-state index contributed by atoms with van der Waals surface area (Å²) in [5.74, 6) is 0. The third-order valence-corrected chi connectivity index (χ3v) is 5.18. The number of pyridine rings is 1. The van der Waals surface area contributed by atoms with E-state index in [4.69, 9.17) is 16.3 Å². The number of halogens is 2. The third-order valence-electron chi connectivity index (χ3n) is 4.31. The Morgan fingerprint density at radius 3 is 2.84 bits per heavy atom. The topological polar surface area (TPSA) is 36.2 Å². The van der Waals surface area contributed by atoms with Crippen molar-refractivity contribution in [2.24, 2.45) is 0 Å². The summed E-state index contributed by atoms with van der Waals surface area (Å²) in [7, 11) is 0. The van der Waals surface area contributed by atoms with Crippen LogP contribution in [0.4, 0.5) is 0 Å². The Hall–Kier alpha value is -0.840. The first-order valence-electron chi connectivity index (χ1n) is 6.21. The minimum Gasteiger partial charge on any atom is -0.618 e. The Morgan fingerprint density at radius 2 is 2.16 bits per heavy atom. The smallest absolute Gasteiger partial charge is 0.226 e. The van der Waals surface area contributed by atoms with Crippen LogP contribution in [0.15, 0.2) is 28.9 Å². The molecule has 2 saturated heterocycles. The first-order valence-corrected chi connectivity index (χ1v) is 7.39. The lowest BCUT2D eigenvalue weighted by molar-refractivity contribution is -0.577. The average molecular weight is 341 g/mol. The summed E-state index contributed by atoms with van der Waals surface area (Å²) >= 11 is 9.48. The van der Waals surface area contributed by atoms with Gasteiger partial charge in [0, 0.05) is 26.5 Å². The van der Waals surface area contributed by atoms with Crippen LogP contribution in [0, 0.1) is 5.21 Å². The molecule has 2 aromatic rings. The van der Waals surface area contributed by atoms with Crippen LogP contribution in [-0.2, 0) is 10.2 Å². The zero-order chi connectivity index (χ0) is 13.2. The lowest BCUT2D eigenvalue weighted by atomic mass is 9.66. The van der Waals surface area contributed by atoms with Crippen LogP contribution < -0.4 is 4.73 Å². The van der Waals surface area contributed by atoms with Gasteiger partial charge in [-0.25, -0.2) is 0 Å². The largest absolute Gasteiger partial charge is 0.618 e. The molecule has 0 radical (unpaired) electrons. The predicted octanol–water partition coefficient (Wildman–Crippen LogP) is 3.32. The lowest BCUT2D eigenvalue weighted by Gasteiger charge is -2.34. The van der Waals surface area contributed by atoms with Crippen LogP contribution in [0.25, 0.3) is 10.9 Å². The zero-order valence-electron chi connectivity index (χ0n) is 10.0. The molecule has 1 aliphatic carbocycles. The van der Waals surface area contributed by atoms with Crippen molar-refractivity contribution in [3.63, 3.8) is 0 Å². The molecule has 0 spiro atoms. The van der Waals surface area contributed by atoms with Crippen LogP contribution in [0.3, 0.4) is 0 Å². The van der Waals surface area contributed by atoms with Crippen LogP contribution in [0.2, 0.25) is 5.02 Å². The molecule has 0 unspecified atom stereocenters. The van der Waals surface area contributed by atoms with Gasteiger partial charge in [0.1, 0.15) is 0 Å². The number of nitrogens with zero attached hydrogens (tertiary/aromatic N) is 1. The quantitative estimate of drug-likeness (QED) is 0.590. The van der Waals surface area contributed by atoms with Crippen LogP contribution in [-0.4, -0.2) is 12.7 Å². The van der Waals surface area contributed by atoms with Gasteiger partial charge >= 0.3 is 0 Å². The fourth-order valence-corrected chi connectivity index (χ4v) is 4.13. The first kappa shape index (κ1) is 11.9. The van der Waals surface area contributed by atoms with Crippen molar-refractivity contribution in [1.82, 2.24) is 0 Å². The van der Waals surface area contributed by atoms with Crippen molar-refractivity contribution >= 4 is 38.4 Å². The van der Waals surface area contributed by atoms with E-state index in [1.165, 1.54) is 0 Å². The molecular formula is C14H11BrClNO2. The maximum Gasteiger partial charge on any atom is 0.226 e. The van der Waals surface area contributed by atoms with Gasteiger partial charge in [-0.2, -0.15) is 4.73 Å². The van der Waals surface area contributed by atoms with E-state index in [0.717, 1.165) is 39.6 Å². The van der Waals surface area contributed by atoms with Gasteiger partial charge in [-0.05, 0) is 40.9 Å². The van der Waals surface area contributed by atoms with Gasteiger partial charge in [-0.1, -0.05) is 11.6 Å². The highest BCUT2D eigenvalue weighted by Crippen LogP contribution is 2.51. The van der Waals surface area contributed by atoms with Crippen LogP contribution >= 0.6 is 27.5 Å². The molecule has 98 valence electrons. The van der Waals surface area contributed by atoms with Crippen LogP contribution in [0.1, 0.15) is 18.4 Å². The van der Waals surface area contributed by atoms with Gasteiger partial charge in [-0.3, -0.25) is 0 Å². The van der Waals surface area contributed by atoms with E-state index in [1.807, 2.05) is 6.07 Å². The number of aromatic nitrogens is 1. The molecule has 0 N–H and O–H groups in total. The van der Waals surface area contributed by atoms with Gasteiger partial charge in [0.15, 0.2) is 6.20 Å². The summed E-state index contributed by atoms with van der Waals surface area (Å²) in [6, 6.07) is 5.61. The number of hydrogen-bond acceptors (Lipinski definition) is 2. The number of benzene rings is 1. The molecule has 3 heterocycles. The molecule has 0 atom stereocenters. The highest BCUT2D eigenvalue weighted by molar-refractivity contribution is 9.10. The SMILES string of the molecule is [O-][n+]1cc(C23COC(C2)C3)cc2c(Br)cc(Cl)cc21. The van der Waals surface area contributed by atoms with E-state index in [9.17, 15) is 5.21 Å². The second-order valence-corrected chi connectivity index (χ2v) is 6.79. The third kappa shape index (κ3) is 1.63. The number of fused-ring (bicyclic) bond motifs is 2. The highest BCUT2D eigenvalue weighted by Gasteiger charge is 2.53. The molecule has 1 aromatic carbocycles. The summed E-state index contributed by atoms with van der Waals surface area (Å²) in [6.07, 6.45) is 4.13. The molecule has 0 amide bonds. The number of ether oxygens (including phenoxy) is 1. The summed E-state index contributed by atoms with van der Waals surface area (Å²) in [5.41, 5.74) is 1.73. The normalized spacial score (nSPS) is 28.6. The summed E-state index contributed by atoms with van der Waals surface area (Å²) in [6.45, 7) is 0.731. The van der Waals surface area contributed by atoms with Crippen molar-refractivity contribution in [3.05, 3.63) is 44.7 Å². The average Bonchev–Trinajstić information content (AvgIpc) is 2.90. The second kappa shape index (κ2) is 3.84. The first-order chi connectivity index (χ1) is 9.07. The van der Waals surface area contributed by atoms with Gasteiger partial charge in [0.25, 0.3) is 0 Å². The van der Waals surface area contributed by atoms with E-state index in [1.54, 1.807) is 12.3 Å². The fourth-order valence-electron chi connectivity index (χ4n) is 3.22. The Bertz CT molecular complexity index is 692. The van der Waals surface area contributed by atoms with E-state index >= 15 is 0 Å². The zero-order valence-corrected chi connectivity index (χ0v) is 12.4. The summed E-state index contributed by atoms with van der Waals surface area (Å²) < 4.78 is 7.41. The van der Waals surface area contributed by atoms with E-state index < -0.39 is 0 Å². The van der Waals surface area contributed by atoms with Crippen LogP contribution in [0.5, 0.6) is 0 Å². The minimum absolute atomic E-state index is 0.0596. The van der Waals surface area contributed by atoms with Crippen molar-refractivity contribution < 1.29 is 9.47 Å². The minimum atomic E-state index is 0.0596. The Kier molecular flexibility index (Phi) is 2.41. The summed E-state index contributed by atoms with van der Waals surface area (Å²) in [5, 5.41) is 13.7. The standard InChI is InChI=1S/C14H11BrClNO2/c15-12-2-9(16)3-13-11(12)1-8(6-17(13)18)14-4-10(5-14)19-7-14/h1-3,6,10H,4-5,7H2. The number of hydrogen-bond donors (Lipinski definition) is 0. The molecule has 1 saturated carbocycles. The lowest BCUT2D eigenvalue weighted by Crippen LogP contribution is -2.40. The Labute approximate surface area is 123 Å². The molecule has 5 heteroatoms. The van der Waals surface area contributed by atoms with Crippen molar-refractivity contribution in [2.45, 2.75) is 24.4 Å². The highest BCUT2D eigenvalue weighted by atomic mass is 79.9. The molecule has 1 aromatic heterocycles. The van der Waals surface area contributed by atoms with Crippen molar-refractivity contribution in [1.29, 1.82) is 0 Å².